The van der Waals surface area contributed by atoms with Gasteiger partial charge in [0.2, 0.25) is 0 Å². The summed E-state index contributed by atoms with van der Waals surface area (Å²) in [5.74, 6) is 1.53. The van der Waals surface area contributed by atoms with Crippen LogP contribution in [-0.2, 0) is 5.54 Å². The molecule has 2 aromatic rings. The quantitative estimate of drug-likeness (QED) is 0.822. The standard InChI is InChI=1S/C14H17BrClN3/c1-8-18-12(13(17)19(8)14(2,3)4)10-7-9(15)5-6-11(10)16/h5-7H,17H2,1-4H3. The van der Waals surface area contributed by atoms with E-state index in [1.54, 1.807) is 0 Å². The third kappa shape index (κ3) is 2.65. The molecule has 1 aromatic carbocycles. The minimum Gasteiger partial charge on any atom is -0.383 e. The first-order valence-corrected chi connectivity index (χ1v) is 7.19. The number of benzene rings is 1. The maximum Gasteiger partial charge on any atom is 0.132 e. The molecule has 19 heavy (non-hydrogen) atoms. The summed E-state index contributed by atoms with van der Waals surface area (Å²) in [7, 11) is 0. The van der Waals surface area contributed by atoms with Gasteiger partial charge in [-0.15, -0.1) is 0 Å². The first kappa shape index (κ1) is 14.4. The van der Waals surface area contributed by atoms with E-state index in [9.17, 15) is 0 Å². The average Bonchev–Trinajstić information content (AvgIpc) is 2.57. The molecule has 5 heteroatoms. The molecular formula is C14H17BrClN3. The van der Waals surface area contributed by atoms with E-state index in [2.05, 4.69) is 41.7 Å². The lowest BCUT2D eigenvalue weighted by Crippen LogP contribution is -2.24. The van der Waals surface area contributed by atoms with Crippen molar-refractivity contribution in [1.82, 2.24) is 9.55 Å². The predicted octanol–water partition coefficient (Wildman–Crippen LogP) is 4.61. The second-order valence-corrected chi connectivity index (χ2v) is 6.85. The summed E-state index contributed by atoms with van der Waals surface area (Å²) in [6, 6.07) is 5.68. The number of nitrogens with zero attached hydrogens (tertiary/aromatic N) is 2. The van der Waals surface area contributed by atoms with Gasteiger partial charge in [0.05, 0.1) is 5.02 Å². The van der Waals surface area contributed by atoms with Crippen molar-refractivity contribution in [2.75, 3.05) is 5.73 Å². The fraction of sp³-hybridized carbons (Fsp3) is 0.357. The lowest BCUT2D eigenvalue weighted by Gasteiger charge is -2.24. The molecule has 0 saturated carbocycles. The Morgan fingerprint density at radius 1 is 1.32 bits per heavy atom. The van der Waals surface area contributed by atoms with Crippen LogP contribution in [-0.4, -0.2) is 9.55 Å². The van der Waals surface area contributed by atoms with Gasteiger partial charge in [-0.1, -0.05) is 27.5 Å². The molecule has 0 bridgehead atoms. The van der Waals surface area contributed by atoms with E-state index in [-0.39, 0.29) is 5.54 Å². The maximum absolute atomic E-state index is 6.27. The van der Waals surface area contributed by atoms with Crippen LogP contribution in [0.2, 0.25) is 5.02 Å². The first-order valence-electron chi connectivity index (χ1n) is 6.02. The molecule has 2 rings (SSSR count). The summed E-state index contributed by atoms with van der Waals surface area (Å²) in [5.41, 5.74) is 7.74. The number of aryl methyl sites for hydroxylation is 1. The van der Waals surface area contributed by atoms with E-state index in [1.807, 2.05) is 29.7 Å². The Kier molecular flexibility index (Phi) is 3.67. The zero-order valence-corrected chi connectivity index (χ0v) is 13.8. The number of aromatic nitrogens is 2. The normalized spacial score (nSPS) is 11.9. The number of hydrogen-bond acceptors (Lipinski definition) is 2. The summed E-state index contributed by atoms with van der Waals surface area (Å²) in [6.45, 7) is 8.26. The Morgan fingerprint density at radius 2 is 1.95 bits per heavy atom. The van der Waals surface area contributed by atoms with Gasteiger partial charge in [-0.25, -0.2) is 4.98 Å². The molecule has 102 valence electrons. The van der Waals surface area contributed by atoms with Crippen LogP contribution >= 0.6 is 27.5 Å². The van der Waals surface area contributed by atoms with E-state index in [4.69, 9.17) is 17.3 Å². The molecule has 0 aliphatic rings. The highest BCUT2D eigenvalue weighted by Gasteiger charge is 2.23. The van der Waals surface area contributed by atoms with Crippen molar-refractivity contribution in [2.45, 2.75) is 33.2 Å². The SMILES string of the molecule is Cc1nc(-c2cc(Br)ccc2Cl)c(N)n1C(C)(C)C. The smallest absolute Gasteiger partial charge is 0.132 e. The Bertz CT molecular complexity index is 626. The van der Waals surface area contributed by atoms with Crippen molar-refractivity contribution in [2.24, 2.45) is 0 Å². The van der Waals surface area contributed by atoms with Crippen LogP contribution in [0.25, 0.3) is 11.3 Å². The molecule has 0 amide bonds. The lowest BCUT2D eigenvalue weighted by atomic mass is 10.1. The third-order valence-corrected chi connectivity index (χ3v) is 3.76. The van der Waals surface area contributed by atoms with E-state index >= 15 is 0 Å². The van der Waals surface area contributed by atoms with Crippen molar-refractivity contribution in [3.63, 3.8) is 0 Å². The highest BCUT2D eigenvalue weighted by atomic mass is 79.9. The zero-order valence-electron chi connectivity index (χ0n) is 11.5. The van der Waals surface area contributed by atoms with Crippen molar-refractivity contribution < 1.29 is 0 Å². The van der Waals surface area contributed by atoms with Crippen LogP contribution in [0, 0.1) is 6.92 Å². The molecule has 1 aromatic heterocycles. The number of hydrogen-bond donors (Lipinski definition) is 1. The van der Waals surface area contributed by atoms with E-state index in [1.165, 1.54) is 0 Å². The van der Waals surface area contributed by atoms with Gasteiger partial charge in [0.25, 0.3) is 0 Å². The molecule has 0 fully saturated rings. The molecule has 0 saturated heterocycles. The van der Waals surface area contributed by atoms with Gasteiger partial charge in [0.15, 0.2) is 0 Å². The van der Waals surface area contributed by atoms with E-state index in [0.717, 1.165) is 21.6 Å². The number of rotatable bonds is 1. The summed E-state index contributed by atoms with van der Waals surface area (Å²) in [5, 5.41) is 0.647. The maximum atomic E-state index is 6.27. The Morgan fingerprint density at radius 3 is 2.47 bits per heavy atom. The Balaban J connectivity index is 2.68. The van der Waals surface area contributed by atoms with Crippen LogP contribution in [0.5, 0.6) is 0 Å². The largest absolute Gasteiger partial charge is 0.383 e. The number of imidazole rings is 1. The third-order valence-electron chi connectivity index (χ3n) is 2.94. The highest BCUT2D eigenvalue weighted by molar-refractivity contribution is 9.10. The number of halogens is 2. The Hall–Kier alpha value is -1.00. The van der Waals surface area contributed by atoms with Gasteiger partial charge in [-0.05, 0) is 45.9 Å². The summed E-state index contributed by atoms with van der Waals surface area (Å²) in [6.07, 6.45) is 0. The fourth-order valence-corrected chi connectivity index (χ4v) is 2.84. The molecule has 1 heterocycles. The molecule has 0 unspecified atom stereocenters. The van der Waals surface area contributed by atoms with Crippen LogP contribution in [0.4, 0.5) is 5.82 Å². The first-order chi connectivity index (χ1) is 8.71. The number of nitrogens with two attached hydrogens (primary N) is 1. The Labute approximate surface area is 126 Å². The highest BCUT2D eigenvalue weighted by Crippen LogP contribution is 2.36. The molecule has 0 aliphatic heterocycles. The topological polar surface area (TPSA) is 43.8 Å². The predicted molar refractivity (Wildman–Crippen MR) is 84.5 cm³/mol. The van der Waals surface area contributed by atoms with Gasteiger partial charge in [0.1, 0.15) is 17.3 Å². The number of nitrogen functional groups attached to an aromatic ring is 1. The van der Waals surface area contributed by atoms with Gasteiger partial charge in [-0.2, -0.15) is 0 Å². The lowest BCUT2D eigenvalue weighted by molar-refractivity contribution is 0.393. The van der Waals surface area contributed by atoms with Gasteiger partial charge < -0.3 is 10.3 Å². The summed E-state index contributed by atoms with van der Waals surface area (Å²) >= 11 is 9.70. The van der Waals surface area contributed by atoms with Gasteiger partial charge in [-0.3, -0.25) is 0 Å². The van der Waals surface area contributed by atoms with Crippen molar-refractivity contribution in [3.05, 3.63) is 33.5 Å². The van der Waals surface area contributed by atoms with Gasteiger partial charge >= 0.3 is 0 Å². The zero-order chi connectivity index (χ0) is 14.4. The van der Waals surface area contributed by atoms with Crippen molar-refractivity contribution >= 4 is 33.3 Å². The summed E-state index contributed by atoms with van der Waals surface area (Å²) < 4.78 is 2.98. The van der Waals surface area contributed by atoms with Crippen LogP contribution in [0.15, 0.2) is 22.7 Å². The molecule has 3 nitrogen and oxygen atoms in total. The summed E-state index contributed by atoms with van der Waals surface area (Å²) in [4.78, 5) is 4.58. The molecule has 0 aliphatic carbocycles. The minimum absolute atomic E-state index is 0.113. The molecule has 2 N–H and O–H groups in total. The van der Waals surface area contributed by atoms with Crippen LogP contribution in [0.3, 0.4) is 0 Å². The molecule has 0 atom stereocenters. The second-order valence-electron chi connectivity index (χ2n) is 5.52. The average molecular weight is 343 g/mol. The van der Waals surface area contributed by atoms with Gasteiger partial charge in [0, 0.05) is 15.6 Å². The molecular weight excluding hydrogens is 326 g/mol. The monoisotopic (exact) mass is 341 g/mol. The van der Waals surface area contributed by atoms with Crippen LogP contribution in [0.1, 0.15) is 26.6 Å². The second kappa shape index (κ2) is 4.84. The molecule has 0 radical (unpaired) electrons. The molecule has 0 spiro atoms. The van der Waals surface area contributed by atoms with E-state index in [0.29, 0.717) is 10.8 Å². The van der Waals surface area contributed by atoms with Crippen molar-refractivity contribution in [1.29, 1.82) is 0 Å². The minimum atomic E-state index is -0.113. The number of anilines is 1. The van der Waals surface area contributed by atoms with E-state index < -0.39 is 0 Å². The van der Waals surface area contributed by atoms with Crippen molar-refractivity contribution in [3.8, 4) is 11.3 Å². The van der Waals surface area contributed by atoms with Crippen LogP contribution < -0.4 is 5.73 Å². The fourth-order valence-electron chi connectivity index (χ4n) is 2.27.